The largest absolute Gasteiger partial charge is 0.493 e. The Morgan fingerprint density at radius 1 is 1.03 bits per heavy atom. The van der Waals surface area contributed by atoms with Crippen LogP contribution in [0.1, 0.15) is 27.0 Å². The van der Waals surface area contributed by atoms with E-state index < -0.39 is 17.8 Å². The van der Waals surface area contributed by atoms with Gasteiger partial charge in [0.25, 0.3) is 0 Å². The van der Waals surface area contributed by atoms with Crippen molar-refractivity contribution in [2.75, 3.05) is 7.11 Å². The van der Waals surface area contributed by atoms with Gasteiger partial charge in [0, 0.05) is 5.56 Å². The first-order valence-corrected chi connectivity index (χ1v) is 9.68. The zero-order valence-electron chi connectivity index (χ0n) is 17.3. The van der Waals surface area contributed by atoms with Gasteiger partial charge in [-0.3, -0.25) is 0 Å². The van der Waals surface area contributed by atoms with Gasteiger partial charge in [-0.1, -0.05) is 29.8 Å². The maximum Gasteiger partial charge on any atom is 0.363 e. The smallest absolute Gasteiger partial charge is 0.363 e. The van der Waals surface area contributed by atoms with Gasteiger partial charge in [-0.25, -0.2) is 19.0 Å². The van der Waals surface area contributed by atoms with Crippen molar-refractivity contribution in [2.24, 2.45) is 4.99 Å². The van der Waals surface area contributed by atoms with Crippen LogP contribution in [0.25, 0.3) is 6.08 Å². The van der Waals surface area contributed by atoms with E-state index in [0.717, 1.165) is 5.56 Å². The molecule has 0 bridgehead atoms. The fourth-order valence-corrected chi connectivity index (χ4v) is 3.02. The van der Waals surface area contributed by atoms with Crippen molar-refractivity contribution in [1.82, 2.24) is 0 Å². The lowest BCUT2D eigenvalue weighted by molar-refractivity contribution is -0.129. The summed E-state index contributed by atoms with van der Waals surface area (Å²) in [4.78, 5) is 28.8. The van der Waals surface area contributed by atoms with Crippen molar-refractivity contribution < 1.29 is 28.2 Å². The van der Waals surface area contributed by atoms with Crippen LogP contribution in [0.4, 0.5) is 4.39 Å². The quantitative estimate of drug-likeness (QED) is 0.332. The molecule has 3 aromatic rings. The highest BCUT2D eigenvalue weighted by Crippen LogP contribution is 2.30. The average Bonchev–Trinajstić information content (AvgIpc) is 3.15. The molecule has 7 heteroatoms. The SMILES string of the molecule is COc1cc(C=C2N=C(c3cccc(F)c3)OC2=O)ccc1OC(=O)c1ccc(C)cc1. The Morgan fingerprint density at radius 3 is 2.53 bits per heavy atom. The molecule has 1 aliphatic heterocycles. The lowest BCUT2D eigenvalue weighted by atomic mass is 10.1. The molecule has 4 rings (SSSR count). The number of hydrogen-bond acceptors (Lipinski definition) is 6. The number of aryl methyl sites for hydroxylation is 1. The molecular formula is C25H18FNO5. The highest BCUT2D eigenvalue weighted by atomic mass is 19.1. The Bertz CT molecular complexity index is 1260. The van der Waals surface area contributed by atoms with Crippen molar-refractivity contribution in [3.8, 4) is 11.5 Å². The number of benzene rings is 3. The van der Waals surface area contributed by atoms with E-state index in [1.165, 1.54) is 31.4 Å². The average molecular weight is 431 g/mol. The molecule has 0 saturated carbocycles. The summed E-state index contributed by atoms with van der Waals surface area (Å²) in [6.45, 7) is 1.93. The van der Waals surface area contributed by atoms with Crippen LogP contribution in [0.3, 0.4) is 0 Å². The van der Waals surface area contributed by atoms with Gasteiger partial charge >= 0.3 is 11.9 Å². The predicted molar refractivity (Wildman–Crippen MR) is 116 cm³/mol. The number of rotatable bonds is 5. The van der Waals surface area contributed by atoms with Gasteiger partial charge in [0.05, 0.1) is 12.7 Å². The van der Waals surface area contributed by atoms with Crippen LogP contribution < -0.4 is 9.47 Å². The van der Waals surface area contributed by atoms with Gasteiger partial charge in [0.2, 0.25) is 5.90 Å². The molecule has 0 aliphatic carbocycles. The van der Waals surface area contributed by atoms with Crippen LogP contribution in [0.5, 0.6) is 11.5 Å². The van der Waals surface area contributed by atoms with Crippen LogP contribution in [-0.2, 0) is 9.53 Å². The number of halogens is 1. The number of cyclic esters (lactones) is 1. The van der Waals surface area contributed by atoms with E-state index in [0.29, 0.717) is 22.4 Å². The molecule has 160 valence electrons. The van der Waals surface area contributed by atoms with Gasteiger partial charge < -0.3 is 14.2 Å². The normalized spacial score (nSPS) is 14.2. The first-order chi connectivity index (χ1) is 15.4. The second kappa shape index (κ2) is 8.85. The van der Waals surface area contributed by atoms with Crippen molar-refractivity contribution >= 4 is 23.9 Å². The highest BCUT2D eigenvalue weighted by Gasteiger charge is 2.24. The number of hydrogen-bond donors (Lipinski definition) is 0. The number of ether oxygens (including phenoxy) is 3. The summed E-state index contributed by atoms with van der Waals surface area (Å²) in [6, 6.07) is 17.4. The highest BCUT2D eigenvalue weighted by molar-refractivity contribution is 6.12. The fourth-order valence-electron chi connectivity index (χ4n) is 3.02. The van der Waals surface area contributed by atoms with Gasteiger partial charge in [-0.05, 0) is 61.0 Å². The van der Waals surface area contributed by atoms with Crippen LogP contribution >= 0.6 is 0 Å². The zero-order valence-corrected chi connectivity index (χ0v) is 17.3. The summed E-state index contributed by atoms with van der Waals surface area (Å²) in [5.41, 5.74) is 2.43. The summed E-state index contributed by atoms with van der Waals surface area (Å²) in [5, 5.41) is 0. The van der Waals surface area contributed by atoms with E-state index in [4.69, 9.17) is 14.2 Å². The lowest BCUT2D eigenvalue weighted by Crippen LogP contribution is -2.09. The minimum Gasteiger partial charge on any atom is -0.493 e. The van der Waals surface area contributed by atoms with Crippen LogP contribution in [0, 0.1) is 12.7 Å². The first-order valence-electron chi connectivity index (χ1n) is 9.68. The van der Waals surface area contributed by atoms with Crippen LogP contribution in [-0.4, -0.2) is 24.9 Å². The van der Waals surface area contributed by atoms with Crippen molar-refractivity contribution in [3.63, 3.8) is 0 Å². The molecule has 0 unspecified atom stereocenters. The van der Waals surface area contributed by atoms with Crippen LogP contribution in [0.15, 0.2) is 77.4 Å². The van der Waals surface area contributed by atoms with E-state index in [1.807, 2.05) is 19.1 Å². The van der Waals surface area contributed by atoms with Crippen molar-refractivity contribution in [2.45, 2.75) is 6.92 Å². The Hall–Kier alpha value is -4.26. The molecular weight excluding hydrogens is 413 g/mol. The molecule has 0 amide bonds. The number of aliphatic imine (C=N–C) groups is 1. The summed E-state index contributed by atoms with van der Waals surface area (Å²) in [5.74, 6) is -1.06. The number of carbonyl (C=O) groups excluding carboxylic acids is 2. The first kappa shape index (κ1) is 21.0. The maximum absolute atomic E-state index is 13.4. The third kappa shape index (κ3) is 4.57. The van der Waals surface area contributed by atoms with Crippen LogP contribution in [0.2, 0.25) is 0 Å². The minimum atomic E-state index is -0.655. The van der Waals surface area contributed by atoms with E-state index in [2.05, 4.69) is 4.99 Å². The van der Waals surface area contributed by atoms with E-state index in [-0.39, 0.29) is 17.3 Å². The summed E-state index contributed by atoms with van der Waals surface area (Å²) in [7, 11) is 1.44. The molecule has 1 aliphatic rings. The summed E-state index contributed by atoms with van der Waals surface area (Å²) < 4.78 is 29.4. The minimum absolute atomic E-state index is 0.0244. The fraction of sp³-hybridized carbons (Fsp3) is 0.0800. The van der Waals surface area contributed by atoms with E-state index in [9.17, 15) is 14.0 Å². The second-order valence-corrected chi connectivity index (χ2v) is 7.01. The van der Waals surface area contributed by atoms with E-state index >= 15 is 0 Å². The molecule has 0 fully saturated rings. The topological polar surface area (TPSA) is 74.2 Å². The second-order valence-electron chi connectivity index (χ2n) is 7.01. The Kier molecular flexibility index (Phi) is 5.81. The molecule has 3 aromatic carbocycles. The molecule has 0 aromatic heterocycles. The molecule has 0 radical (unpaired) electrons. The van der Waals surface area contributed by atoms with Gasteiger partial charge in [0.15, 0.2) is 17.2 Å². The molecule has 0 atom stereocenters. The third-order valence-corrected chi connectivity index (χ3v) is 4.67. The standard InChI is InChI=1S/C25H18FNO5/c1-15-6-9-17(10-7-15)24(28)31-21-11-8-16(13-22(21)30-2)12-20-25(29)32-23(27-20)18-4-3-5-19(26)14-18/h3-14H,1-2H3. The molecule has 0 saturated heterocycles. The van der Waals surface area contributed by atoms with Gasteiger partial charge in [-0.2, -0.15) is 0 Å². The monoisotopic (exact) mass is 431 g/mol. The zero-order chi connectivity index (χ0) is 22.7. The molecule has 0 N–H and O–H groups in total. The number of methoxy groups -OCH3 is 1. The maximum atomic E-state index is 13.4. The Balaban J connectivity index is 1.57. The molecule has 6 nitrogen and oxygen atoms in total. The molecule has 32 heavy (non-hydrogen) atoms. The van der Waals surface area contributed by atoms with Gasteiger partial charge in [-0.15, -0.1) is 0 Å². The Labute approximate surface area is 183 Å². The Morgan fingerprint density at radius 2 is 1.81 bits per heavy atom. The van der Waals surface area contributed by atoms with Gasteiger partial charge in [0.1, 0.15) is 5.82 Å². The van der Waals surface area contributed by atoms with Crippen molar-refractivity contribution in [1.29, 1.82) is 0 Å². The number of nitrogens with zero attached hydrogens (tertiary/aromatic N) is 1. The van der Waals surface area contributed by atoms with Crippen molar-refractivity contribution in [3.05, 3.63) is 100 Å². The third-order valence-electron chi connectivity index (χ3n) is 4.67. The molecule has 0 spiro atoms. The summed E-state index contributed by atoms with van der Waals surface area (Å²) >= 11 is 0. The van der Waals surface area contributed by atoms with E-state index in [1.54, 1.807) is 36.4 Å². The predicted octanol–water partition coefficient (Wildman–Crippen LogP) is 4.71. The summed E-state index contributed by atoms with van der Waals surface area (Å²) in [6.07, 6.45) is 1.50. The molecule has 1 heterocycles. The number of carbonyl (C=O) groups is 2. The lowest BCUT2D eigenvalue weighted by Gasteiger charge is -2.10. The number of esters is 2.